The van der Waals surface area contributed by atoms with Crippen LogP contribution in [0.4, 0.5) is 15.8 Å². The molecule has 0 radical (unpaired) electrons. The summed E-state index contributed by atoms with van der Waals surface area (Å²) in [5, 5.41) is 10.8. The number of hydrogen-bond acceptors (Lipinski definition) is 7. The number of nitrogens with two attached hydrogens (primary N) is 1. The number of halogens is 1. The number of carbonyl (C=O) groups is 1. The normalized spacial score (nSPS) is 10.5. The van der Waals surface area contributed by atoms with Crippen LogP contribution in [0.3, 0.4) is 0 Å². The summed E-state index contributed by atoms with van der Waals surface area (Å²) < 4.78 is 29.1. The van der Waals surface area contributed by atoms with E-state index in [0.717, 1.165) is 0 Å². The summed E-state index contributed by atoms with van der Waals surface area (Å²) in [6, 6.07) is 7.02. The molecule has 3 N–H and O–H groups in total. The van der Waals surface area contributed by atoms with Gasteiger partial charge in [-0.25, -0.2) is 4.39 Å². The highest BCUT2D eigenvalue weighted by Crippen LogP contribution is 2.40. The van der Waals surface area contributed by atoms with Gasteiger partial charge in [0.1, 0.15) is 5.82 Å². The van der Waals surface area contributed by atoms with Gasteiger partial charge in [-0.3, -0.25) is 4.79 Å². The summed E-state index contributed by atoms with van der Waals surface area (Å²) in [5.74, 6) is 0.0942. The Hall–Kier alpha value is -3.62. The van der Waals surface area contributed by atoms with Crippen LogP contribution in [0.2, 0.25) is 0 Å². The summed E-state index contributed by atoms with van der Waals surface area (Å²) >= 11 is 0. The lowest BCUT2D eigenvalue weighted by Crippen LogP contribution is -2.17. The zero-order valence-electron chi connectivity index (χ0n) is 14.9. The Kier molecular flexibility index (Phi) is 4.93. The maximum absolute atomic E-state index is 13.3. The van der Waals surface area contributed by atoms with Crippen molar-refractivity contribution in [1.82, 2.24) is 10.2 Å². The number of methoxy groups -OCH3 is 3. The lowest BCUT2D eigenvalue weighted by molar-refractivity contribution is 0.102. The molecule has 9 heteroatoms. The third kappa shape index (κ3) is 3.39. The van der Waals surface area contributed by atoms with Gasteiger partial charge in [-0.05, 0) is 12.1 Å². The quantitative estimate of drug-likeness (QED) is 0.709. The molecule has 0 saturated carbocycles. The zero-order valence-corrected chi connectivity index (χ0v) is 14.9. The van der Waals surface area contributed by atoms with Crippen molar-refractivity contribution in [3.63, 3.8) is 0 Å². The number of ether oxygens (including phenoxy) is 3. The van der Waals surface area contributed by atoms with Gasteiger partial charge in [-0.2, -0.15) is 0 Å². The van der Waals surface area contributed by atoms with Gasteiger partial charge >= 0.3 is 0 Å². The lowest BCUT2D eigenvalue weighted by Gasteiger charge is -2.15. The number of amides is 1. The SMILES string of the molecule is COc1cc(NC(=O)c2nnc3cc(F)ccc3c2N)cc(OC)c1OC. The number of aromatic nitrogens is 2. The van der Waals surface area contributed by atoms with Crippen molar-refractivity contribution in [1.29, 1.82) is 0 Å². The van der Waals surface area contributed by atoms with E-state index in [-0.39, 0.29) is 16.9 Å². The summed E-state index contributed by atoms with van der Waals surface area (Å²) in [7, 11) is 4.41. The molecule has 0 saturated heterocycles. The molecule has 8 nitrogen and oxygen atoms in total. The number of fused-ring (bicyclic) bond motifs is 1. The van der Waals surface area contributed by atoms with Crippen LogP contribution in [0.5, 0.6) is 17.2 Å². The fraction of sp³-hybridized carbons (Fsp3) is 0.167. The summed E-state index contributed by atoms with van der Waals surface area (Å²) in [5.41, 5.74) is 6.69. The minimum Gasteiger partial charge on any atom is -0.493 e. The number of nitrogen functional groups attached to an aromatic ring is 1. The molecule has 0 aliphatic carbocycles. The van der Waals surface area contributed by atoms with E-state index in [1.165, 1.54) is 39.5 Å². The molecule has 1 aromatic heterocycles. The number of carbonyl (C=O) groups excluding carboxylic acids is 1. The summed E-state index contributed by atoms with van der Waals surface area (Å²) in [4.78, 5) is 12.6. The van der Waals surface area contributed by atoms with Crippen molar-refractivity contribution in [3.8, 4) is 17.2 Å². The van der Waals surface area contributed by atoms with Crippen molar-refractivity contribution in [2.45, 2.75) is 0 Å². The van der Waals surface area contributed by atoms with Gasteiger partial charge in [-0.15, -0.1) is 10.2 Å². The predicted octanol–water partition coefficient (Wildman–Crippen LogP) is 2.63. The minimum absolute atomic E-state index is 0.0807. The van der Waals surface area contributed by atoms with Crippen LogP contribution in [-0.2, 0) is 0 Å². The molecule has 0 fully saturated rings. The van der Waals surface area contributed by atoms with E-state index in [1.807, 2.05) is 0 Å². The Morgan fingerprint density at radius 3 is 2.30 bits per heavy atom. The fourth-order valence-corrected chi connectivity index (χ4v) is 2.61. The fourth-order valence-electron chi connectivity index (χ4n) is 2.61. The van der Waals surface area contributed by atoms with Gasteiger partial charge in [-0.1, -0.05) is 0 Å². The van der Waals surface area contributed by atoms with E-state index < -0.39 is 11.7 Å². The predicted molar refractivity (Wildman–Crippen MR) is 98.0 cm³/mol. The van der Waals surface area contributed by atoms with Gasteiger partial charge in [0.05, 0.1) is 32.5 Å². The van der Waals surface area contributed by atoms with Crippen molar-refractivity contribution < 1.29 is 23.4 Å². The van der Waals surface area contributed by atoms with E-state index in [2.05, 4.69) is 15.5 Å². The van der Waals surface area contributed by atoms with E-state index >= 15 is 0 Å². The maximum Gasteiger partial charge on any atom is 0.278 e. The Labute approximate surface area is 154 Å². The molecule has 1 heterocycles. The van der Waals surface area contributed by atoms with Crippen LogP contribution in [-0.4, -0.2) is 37.4 Å². The van der Waals surface area contributed by atoms with Crippen molar-refractivity contribution in [3.05, 3.63) is 41.8 Å². The molecule has 140 valence electrons. The van der Waals surface area contributed by atoms with Gasteiger partial charge in [0.15, 0.2) is 17.2 Å². The molecule has 0 spiro atoms. The molecular weight excluding hydrogens is 355 g/mol. The number of benzene rings is 2. The number of nitrogens with zero attached hydrogens (tertiary/aromatic N) is 2. The van der Waals surface area contributed by atoms with Crippen LogP contribution < -0.4 is 25.3 Å². The number of nitrogens with one attached hydrogen (secondary N) is 1. The topological polar surface area (TPSA) is 109 Å². The van der Waals surface area contributed by atoms with Crippen LogP contribution >= 0.6 is 0 Å². The van der Waals surface area contributed by atoms with Gasteiger partial charge in [0.25, 0.3) is 5.91 Å². The molecule has 3 rings (SSSR count). The molecule has 0 bridgehead atoms. The monoisotopic (exact) mass is 372 g/mol. The molecule has 0 aliphatic rings. The van der Waals surface area contributed by atoms with Crippen LogP contribution in [0.1, 0.15) is 10.5 Å². The largest absolute Gasteiger partial charge is 0.493 e. The smallest absolute Gasteiger partial charge is 0.278 e. The first-order chi connectivity index (χ1) is 13.0. The number of rotatable bonds is 5. The van der Waals surface area contributed by atoms with E-state index in [1.54, 1.807) is 12.1 Å². The second kappa shape index (κ2) is 7.32. The zero-order chi connectivity index (χ0) is 19.6. The third-order valence-corrected chi connectivity index (χ3v) is 3.90. The minimum atomic E-state index is -0.583. The highest BCUT2D eigenvalue weighted by molar-refractivity contribution is 6.10. The molecule has 1 amide bonds. The lowest BCUT2D eigenvalue weighted by atomic mass is 10.1. The van der Waals surface area contributed by atoms with E-state index in [4.69, 9.17) is 19.9 Å². The molecule has 2 aromatic carbocycles. The van der Waals surface area contributed by atoms with Gasteiger partial charge < -0.3 is 25.3 Å². The molecule has 0 atom stereocenters. The molecular formula is C18H17FN4O4. The van der Waals surface area contributed by atoms with Gasteiger partial charge in [0, 0.05) is 29.3 Å². The first-order valence-corrected chi connectivity index (χ1v) is 7.81. The second-order valence-corrected chi connectivity index (χ2v) is 5.49. The first kappa shape index (κ1) is 18.2. The Morgan fingerprint density at radius 1 is 1.04 bits per heavy atom. The Bertz CT molecular complexity index is 1000. The highest BCUT2D eigenvalue weighted by atomic mass is 19.1. The maximum atomic E-state index is 13.3. The highest BCUT2D eigenvalue weighted by Gasteiger charge is 2.19. The molecule has 0 aliphatic heterocycles. The van der Waals surface area contributed by atoms with Crippen molar-refractivity contribution in [2.24, 2.45) is 0 Å². The molecule has 27 heavy (non-hydrogen) atoms. The third-order valence-electron chi connectivity index (χ3n) is 3.90. The second-order valence-electron chi connectivity index (χ2n) is 5.49. The van der Waals surface area contributed by atoms with Crippen LogP contribution in [0.15, 0.2) is 30.3 Å². The standard InChI is InChI=1S/C18H17FN4O4/c1-25-13-7-10(8-14(26-2)17(13)27-3)21-18(24)16-15(20)11-5-4-9(19)6-12(11)22-23-16/h4-8H,1-3H3,(H2,20,22)(H,21,24). The van der Waals surface area contributed by atoms with Crippen LogP contribution in [0.25, 0.3) is 10.9 Å². The van der Waals surface area contributed by atoms with E-state index in [0.29, 0.717) is 28.3 Å². The number of anilines is 2. The number of hydrogen-bond donors (Lipinski definition) is 2. The Morgan fingerprint density at radius 2 is 1.70 bits per heavy atom. The average molecular weight is 372 g/mol. The van der Waals surface area contributed by atoms with Gasteiger partial charge in [0.2, 0.25) is 5.75 Å². The summed E-state index contributed by atoms with van der Waals surface area (Å²) in [6.45, 7) is 0. The summed E-state index contributed by atoms with van der Waals surface area (Å²) in [6.07, 6.45) is 0. The van der Waals surface area contributed by atoms with E-state index in [9.17, 15) is 9.18 Å². The van der Waals surface area contributed by atoms with Crippen LogP contribution in [0, 0.1) is 5.82 Å². The Balaban J connectivity index is 1.97. The van der Waals surface area contributed by atoms with Crippen molar-refractivity contribution in [2.75, 3.05) is 32.4 Å². The average Bonchev–Trinajstić information content (AvgIpc) is 2.67. The molecule has 0 unspecified atom stereocenters. The first-order valence-electron chi connectivity index (χ1n) is 7.81. The molecule has 3 aromatic rings. The van der Waals surface area contributed by atoms with Crippen molar-refractivity contribution >= 4 is 28.2 Å².